The number of pyridine rings is 1. The Kier molecular flexibility index (Phi) is 6.71. The highest BCUT2D eigenvalue weighted by Crippen LogP contribution is 2.27. The summed E-state index contributed by atoms with van der Waals surface area (Å²) >= 11 is 0. The first-order valence-corrected chi connectivity index (χ1v) is 11.7. The van der Waals surface area contributed by atoms with Crippen molar-refractivity contribution in [2.75, 3.05) is 10.2 Å². The number of aromatic nitrogens is 1. The normalized spacial score (nSPS) is 11.8. The summed E-state index contributed by atoms with van der Waals surface area (Å²) in [5.74, 6) is -0.0311. The number of nitrogens with zero attached hydrogens (tertiary/aromatic N) is 2. The number of amides is 2. The maximum atomic E-state index is 12.4. The van der Waals surface area contributed by atoms with Crippen molar-refractivity contribution in [2.24, 2.45) is 5.14 Å². The van der Waals surface area contributed by atoms with Gasteiger partial charge in [0.2, 0.25) is 15.9 Å². The van der Waals surface area contributed by atoms with Crippen molar-refractivity contribution in [3.8, 4) is 0 Å². The zero-order chi connectivity index (χ0) is 24.4. The molecule has 0 bridgehead atoms. The van der Waals surface area contributed by atoms with E-state index in [2.05, 4.69) is 10.3 Å². The lowest BCUT2D eigenvalue weighted by atomic mass is 10.1. The lowest BCUT2D eigenvalue weighted by Crippen LogP contribution is -2.30. The van der Waals surface area contributed by atoms with Crippen LogP contribution in [0.25, 0.3) is 10.9 Å². The van der Waals surface area contributed by atoms with E-state index >= 15 is 0 Å². The summed E-state index contributed by atoms with van der Waals surface area (Å²) in [6.45, 7) is 6.75. The van der Waals surface area contributed by atoms with Gasteiger partial charge in [-0.3, -0.25) is 10.1 Å². The Morgan fingerprint density at radius 2 is 1.76 bits per heavy atom. The lowest BCUT2D eigenvalue weighted by Gasteiger charge is -2.23. The fourth-order valence-electron chi connectivity index (χ4n) is 3.21. The summed E-state index contributed by atoms with van der Waals surface area (Å²) in [5.41, 5.74) is 0.853. The van der Waals surface area contributed by atoms with Gasteiger partial charge in [0.05, 0.1) is 17.7 Å². The van der Waals surface area contributed by atoms with Crippen LogP contribution in [0.1, 0.15) is 33.3 Å². The SMILES string of the molecule is CC(=O)N(Cc1ccc2ccc(NC(=O)OC(C)(C)C)nc2c1)c1ccccc1S(N)(=O)=O. The maximum absolute atomic E-state index is 12.4. The molecule has 0 spiro atoms. The third-order valence-electron chi connectivity index (χ3n) is 4.57. The number of hydrogen-bond acceptors (Lipinski definition) is 6. The Balaban J connectivity index is 1.92. The third-order valence-corrected chi connectivity index (χ3v) is 5.53. The number of ether oxygens (including phenoxy) is 1. The number of primary sulfonamides is 1. The summed E-state index contributed by atoms with van der Waals surface area (Å²) in [5, 5.41) is 8.77. The predicted molar refractivity (Wildman–Crippen MR) is 126 cm³/mol. The van der Waals surface area contributed by atoms with E-state index in [4.69, 9.17) is 9.88 Å². The van der Waals surface area contributed by atoms with Gasteiger partial charge in [-0.25, -0.2) is 23.3 Å². The summed E-state index contributed by atoms with van der Waals surface area (Å²) in [6.07, 6.45) is -0.618. The lowest BCUT2D eigenvalue weighted by molar-refractivity contribution is -0.116. The van der Waals surface area contributed by atoms with Crippen molar-refractivity contribution < 1.29 is 22.7 Å². The summed E-state index contributed by atoms with van der Waals surface area (Å²) in [4.78, 5) is 30.1. The molecule has 0 unspecified atom stereocenters. The number of fused-ring (bicyclic) bond motifs is 1. The van der Waals surface area contributed by atoms with E-state index in [0.29, 0.717) is 16.9 Å². The van der Waals surface area contributed by atoms with E-state index in [9.17, 15) is 18.0 Å². The predicted octanol–water partition coefficient (Wildman–Crippen LogP) is 3.78. The standard InChI is InChI=1S/C23H26N4O5S/c1-15(28)27(19-7-5-6-8-20(19)33(24,30)31)14-16-9-10-17-11-12-21(25-18(17)13-16)26-22(29)32-23(2,3)4/h5-13H,14H2,1-4H3,(H2,24,30,31)(H,25,26,29). The van der Waals surface area contributed by atoms with Crippen LogP contribution in [0, 0.1) is 0 Å². The van der Waals surface area contributed by atoms with Crippen LogP contribution in [-0.4, -0.2) is 31.0 Å². The second-order valence-electron chi connectivity index (χ2n) is 8.47. The molecular weight excluding hydrogens is 444 g/mol. The summed E-state index contributed by atoms with van der Waals surface area (Å²) in [7, 11) is -4.03. The van der Waals surface area contributed by atoms with E-state index in [1.165, 1.54) is 24.0 Å². The van der Waals surface area contributed by atoms with Gasteiger partial charge in [0, 0.05) is 12.3 Å². The van der Waals surface area contributed by atoms with Crippen LogP contribution in [0.5, 0.6) is 0 Å². The van der Waals surface area contributed by atoms with Gasteiger partial charge >= 0.3 is 6.09 Å². The molecular formula is C23H26N4O5S. The van der Waals surface area contributed by atoms with E-state index in [1.807, 2.05) is 12.1 Å². The number of rotatable bonds is 5. The number of carbonyl (C=O) groups excluding carboxylic acids is 2. The topological polar surface area (TPSA) is 132 Å². The fourth-order valence-corrected chi connectivity index (χ4v) is 3.95. The molecule has 1 aromatic heterocycles. The number of anilines is 2. The fraction of sp³-hybridized carbons (Fsp3) is 0.261. The number of nitrogens with two attached hydrogens (primary N) is 1. The average Bonchev–Trinajstić information content (AvgIpc) is 2.69. The van der Waals surface area contributed by atoms with Crippen molar-refractivity contribution >= 4 is 44.4 Å². The Labute approximate surface area is 192 Å². The van der Waals surface area contributed by atoms with Crippen LogP contribution < -0.4 is 15.4 Å². The van der Waals surface area contributed by atoms with Crippen molar-refractivity contribution in [2.45, 2.75) is 44.7 Å². The summed E-state index contributed by atoms with van der Waals surface area (Å²) < 4.78 is 29.3. The molecule has 10 heteroatoms. The van der Waals surface area contributed by atoms with Crippen LogP contribution in [0.4, 0.5) is 16.3 Å². The van der Waals surface area contributed by atoms with Gasteiger partial charge in [-0.1, -0.05) is 24.3 Å². The number of hydrogen-bond donors (Lipinski definition) is 2. The molecule has 0 fully saturated rings. The van der Waals surface area contributed by atoms with Gasteiger partial charge in [-0.2, -0.15) is 0 Å². The molecule has 1 heterocycles. The molecule has 174 valence electrons. The highest BCUT2D eigenvalue weighted by Gasteiger charge is 2.21. The minimum absolute atomic E-state index is 0.100. The maximum Gasteiger partial charge on any atom is 0.413 e. The van der Waals surface area contributed by atoms with E-state index in [1.54, 1.807) is 51.1 Å². The van der Waals surface area contributed by atoms with Crippen molar-refractivity contribution in [1.82, 2.24) is 4.98 Å². The first kappa shape index (κ1) is 24.1. The molecule has 33 heavy (non-hydrogen) atoms. The average molecular weight is 471 g/mol. The molecule has 0 aliphatic carbocycles. The first-order valence-electron chi connectivity index (χ1n) is 10.1. The van der Waals surface area contributed by atoms with Crippen LogP contribution >= 0.6 is 0 Å². The smallest absolute Gasteiger partial charge is 0.413 e. The van der Waals surface area contributed by atoms with E-state index in [-0.39, 0.29) is 23.0 Å². The second kappa shape index (κ2) is 9.16. The van der Waals surface area contributed by atoms with Crippen LogP contribution in [0.15, 0.2) is 59.5 Å². The monoisotopic (exact) mass is 470 g/mol. The molecule has 2 aromatic carbocycles. The van der Waals surface area contributed by atoms with E-state index < -0.39 is 21.7 Å². The van der Waals surface area contributed by atoms with E-state index in [0.717, 1.165) is 5.39 Å². The number of benzene rings is 2. The Morgan fingerprint density at radius 1 is 1.09 bits per heavy atom. The van der Waals surface area contributed by atoms with Crippen LogP contribution in [-0.2, 0) is 26.1 Å². The first-order chi connectivity index (χ1) is 15.3. The molecule has 3 N–H and O–H groups in total. The van der Waals surface area contributed by atoms with Gasteiger partial charge < -0.3 is 9.64 Å². The molecule has 3 rings (SSSR count). The molecule has 0 aliphatic rings. The molecule has 0 aliphatic heterocycles. The van der Waals surface area contributed by atoms with Gasteiger partial charge in [-0.05, 0) is 56.7 Å². The van der Waals surface area contributed by atoms with Crippen LogP contribution in [0.2, 0.25) is 0 Å². The Bertz CT molecular complexity index is 1320. The van der Waals surface area contributed by atoms with Crippen molar-refractivity contribution in [3.05, 3.63) is 60.2 Å². The number of sulfonamides is 1. The molecule has 2 amide bonds. The zero-order valence-corrected chi connectivity index (χ0v) is 19.6. The van der Waals surface area contributed by atoms with Gasteiger partial charge in [0.15, 0.2) is 0 Å². The summed E-state index contributed by atoms with van der Waals surface area (Å²) in [6, 6.07) is 15.0. The number of carbonyl (C=O) groups is 2. The molecule has 0 saturated heterocycles. The highest BCUT2D eigenvalue weighted by atomic mass is 32.2. The van der Waals surface area contributed by atoms with Crippen molar-refractivity contribution in [1.29, 1.82) is 0 Å². The Hall–Kier alpha value is -3.50. The quantitative estimate of drug-likeness (QED) is 0.583. The highest BCUT2D eigenvalue weighted by molar-refractivity contribution is 7.89. The number of nitrogens with one attached hydrogen (secondary N) is 1. The van der Waals surface area contributed by atoms with Gasteiger partial charge in [0.1, 0.15) is 16.3 Å². The second-order valence-corrected chi connectivity index (χ2v) is 10.00. The molecule has 0 radical (unpaired) electrons. The molecule has 3 aromatic rings. The molecule has 9 nitrogen and oxygen atoms in total. The Morgan fingerprint density at radius 3 is 2.39 bits per heavy atom. The third kappa shape index (κ3) is 6.27. The van der Waals surface area contributed by atoms with Crippen LogP contribution in [0.3, 0.4) is 0 Å². The van der Waals surface area contributed by atoms with Crippen molar-refractivity contribution in [3.63, 3.8) is 0 Å². The largest absolute Gasteiger partial charge is 0.444 e. The molecule has 0 saturated carbocycles. The zero-order valence-electron chi connectivity index (χ0n) is 18.8. The number of para-hydroxylation sites is 1. The van der Waals surface area contributed by atoms with Gasteiger partial charge in [0.25, 0.3) is 0 Å². The van der Waals surface area contributed by atoms with Gasteiger partial charge in [-0.15, -0.1) is 0 Å². The molecule has 0 atom stereocenters. The minimum Gasteiger partial charge on any atom is -0.444 e. The minimum atomic E-state index is -4.03.